The van der Waals surface area contributed by atoms with Gasteiger partial charge in [0.1, 0.15) is 5.82 Å². The van der Waals surface area contributed by atoms with Crippen LogP contribution in [0, 0.1) is 6.92 Å². The summed E-state index contributed by atoms with van der Waals surface area (Å²) >= 11 is 0. The van der Waals surface area contributed by atoms with Gasteiger partial charge in [-0.3, -0.25) is 5.10 Å². The number of nitrogens with one attached hydrogen (secondary N) is 2. The van der Waals surface area contributed by atoms with E-state index in [1.807, 2.05) is 6.92 Å². The molecule has 0 amide bonds. The fourth-order valence-electron chi connectivity index (χ4n) is 1.99. The van der Waals surface area contributed by atoms with Crippen molar-refractivity contribution in [3.63, 3.8) is 0 Å². The van der Waals surface area contributed by atoms with Crippen LogP contribution in [0.15, 0.2) is 0 Å². The van der Waals surface area contributed by atoms with Crippen LogP contribution in [-0.2, 0) is 10.2 Å². The lowest BCUT2D eigenvalue weighted by atomic mass is 10.1. The summed E-state index contributed by atoms with van der Waals surface area (Å²) in [5.74, 6) is 0.676. The van der Waals surface area contributed by atoms with Gasteiger partial charge in [0.05, 0.1) is 0 Å². The van der Waals surface area contributed by atoms with Gasteiger partial charge in [0, 0.05) is 12.6 Å². The lowest BCUT2D eigenvalue weighted by molar-refractivity contribution is 0.270. The lowest BCUT2D eigenvalue weighted by Crippen LogP contribution is -2.45. The van der Waals surface area contributed by atoms with E-state index in [1.54, 1.807) is 6.92 Å². The van der Waals surface area contributed by atoms with E-state index in [1.165, 1.54) is 4.31 Å². The molecule has 2 N–H and O–H groups in total. The fourth-order valence-corrected chi connectivity index (χ4v) is 3.38. The number of rotatable bonds is 3. The normalized spacial score (nSPS) is 22.6. The van der Waals surface area contributed by atoms with Gasteiger partial charge in [-0.25, -0.2) is 4.72 Å². The van der Waals surface area contributed by atoms with Gasteiger partial charge in [0.15, 0.2) is 0 Å². The van der Waals surface area contributed by atoms with E-state index in [2.05, 4.69) is 19.9 Å². The maximum absolute atomic E-state index is 12.1. The molecule has 0 radical (unpaired) electrons. The topological polar surface area (TPSA) is 91.0 Å². The van der Waals surface area contributed by atoms with Crippen LogP contribution in [0.2, 0.25) is 0 Å². The van der Waals surface area contributed by atoms with E-state index in [4.69, 9.17) is 0 Å². The molecule has 1 aliphatic rings. The molecule has 1 fully saturated rings. The van der Waals surface area contributed by atoms with Crippen LogP contribution in [0.1, 0.15) is 32.0 Å². The largest absolute Gasteiger partial charge is 0.304 e. The fraction of sp³-hybridized carbons (Fsp3) is 0.778. The number of aromatic amines is 1. The molecular formula is C9H17N5O2S. The summed E-state index contributed by atoms with van der Waals surface area (Å²) in [6, 6.07) is 0.0290. The summed E-state index contributed by atoms with van der Waals surface area (Å²) in [6.07, 6.45) is 2.87. The van der Waals surface area contributed by atoms with E-state index < -0.39 is 10.2 Å². The van der Waals surface area contributed by atoms with Gasteiger partial charge in [-0.2, -0.15) is 17.7 Å². The van der Waals surface area contributed by atoms with Crippen molar-refractivity contribution in [2.24, 2.45) is 0 Å². The van der Waals surface area contributed by atoms with Crippen molar-refractivity contribution < 1.29 is 8.42 Å². The molecule has 0 aromatic carbocycles. The van der Waals surface area contributed by atoms with Gasteiger partial charge < -0.3 is 0 Å². The predicted molar refractivity (Wildman–Crippen MR) is 63.7 cm³/mol. The Morgan fingerprint density at radius 1 is 1.47 bits per heavy atom. The Bertz CT molecular complexity index is 483. The Balaban J connectivity index is 2.12. The maximum atomic E-state index is 12.1. The van der Waals surface area contributed by atoms with Crippen LogP contribution in [-0.4, -0.2) is 40.5 Å². The van der Waals surface area contributed by atoms with Gasteiger partial charge in [-0.05, 0) is 26.7 Å². The first kappa shape index (κ1) is 12.3. The van der Waals surface area contributed by atoms with E-state index in [0.717, 1.165) is 19.3 Å². The predicted octanol–water partition coefficient (Wildman–Crippen LogP) is 0.644. The Hall–Kier alpha value is -1.15. The minimum absolute atomic E-state index is 0.0290. The summed E-state index contributed by atoms with van der Waals surface area (Å²) in [7, 11) is -3.53. The van der Waals surface area contributed by atoms with Crippen molar-refractivity contribution in [3.05, 3.63) is 5.82 Å². The molecular weight excluding hydrogens is 242 g/mol. The van der Waals surface area contributed by atoms with E-state index >= 15 is 0 Å². The third-order valence-electron chi connectivity index (χ3n) is 2.87. The number of hydrogen-bond donors (Lipinski definition) is 2. The number of nitrogens with zero attached hydrogens (tertiary/aromatic N) is 3. The summed E-state index contributed by atoms with van der Waals surface area (Å²) in [6.45, 7) is 4.19. The van der Waals surface area contributed by atoms with Crippen LogP contribution < -0.4 is 4.72 Å². The standard InChI is InChI=1S/C9H17N5O2S/c1-7-5-3-4-6-14(7)17(15,16)13-9-10-8(2)11-12-9/h7H,3-6H2,1-2H3,(H2,10,11,12,13). The molecule has 8 heteroatoms. The van der Waals surface area contributed by atoms with Crippen molar-refractivity contribution in [2.75, 3.05) is 11.3 Å². The molecule has 7 nitrogen and oxygen atoms in total. The van der Waals surface area contributed by atoms with Crippen molar-refractivity contribution in [3.8, 4) is 0 Å². The highest BCUT2D eigenvalue weighted by molar-refractivity contribution is 7.90. The monoisotopic (exact) mass is 259 g/mol. The molecule has 1 atom stereocenters. The second kappa shape index (κ2) is 4.61. The van der Waals surface area contributed by atoms with Crippen molar-refractivity contribution in [1.82, 2.24) is 19.5 Å². The molecule has 1 saturated heterocycles. The number of hydrogen-bond acceptors (Lipinski definition) is 4. The lowest BCUT2D eigenvalue weighted by Gasteiger charge is -2.31. The number of aryl methyl sites for hydroxylation is 1. The van der Waals surface area contributed by atoms with Crippen LogP contribution in [0.3, 0.4) is 0 Å². The molecule has 0 saturated carbocycles. The Morgan fingerprint density at radius 3 is 2.82 bits per heavy atom. The van der Waals surface area contributed by atoms with Crippen molar-refractivity contribution >= 4 is 16.2 Å². The first-order valence-electron chi connectivity index (χ1n) is 5.67. The summed E-state index contributed by atoms with van der Waals surface area (Å²) < 4.78 is 28.0. The number of piperidine rings is 1. The SMILES string of the molecule is Cc1nc(NS(=O)(=O)N2CCCCC2C)n[nH]1. The average Bonchev–Trinajstić information content (AvgIpc) is 2.63. The number of H-pyrrole nitrogens is 1. The first-order valence-corrected chi connectivity index (χ1v) is 7.11. The average molecular weight is 259 g/mol. The molecule has 2 rings (SSSR count). The van der Waals surface area contributed by atoms with E-state index in [-0.39, 0.29) is 12.0 Å². The van der Waals surface area contributed by atoms with Crippen LogP contribution in [0.4, 0.5) is 5.95 Å². The van der Waals surface area contributed by atoms with Gasteiger partial charge in [0.2, 0.25) is 0 Å². The van der Waals surface area contributed by atoms with E-state index in [0.29, 0.717) is 12.4 Å². The highest BCUT2D eigenvalue weighted by Crippen LogP contribution is 2.20. The van der Waals surface area contributed by atoms with Gasteiger partial charge in [-0.1, -0.05) is 6.42 Å². The van der Waals surface area contributed by atoms with Crippen LogP contribution in [0.5, 0.6) is 0 Å². The molecule has 0 spiro atoms. The Kier molecular flexibility index (Phi) is 3.34. The Labute approximate surface area is 101 Å². The highest BCUT2D eigenvalue weighted by atomic mass is 32.2. The second-order valence-corrected chi connectivity index (χ2v) is 5.93. The van der Waals surface area contributed by atoms with Gasteiger partial charge in [0.25, 0.3) is 5.95 Å². The molecule has 0 aliphatic carbocycles. The van der Waals surface area contributed by atoms with Crippen LogP contribution >= 0.6 is 0 Å². The third-order valence-corrected chi connectivity index (χ3v) is 4.47. The smallest absolute Gasteiger partial charge is 0.261 e. The van der Waals surface area contributed by atoms with Crippen LogP contribution in [0.25, 0.3) is 0 Å². The highest BCUT2D eigenvalue weighted by Gasteiger charge is 2.30. The van der Waals surface area contributed by atoms with Crippen molar-refractivity contribution in [2.45, 2.75) is 39.2 Å². The summed E-state index contributed by atoms with van der Waals surface area (Å²) in [4.78, 5) is 3.93. The van der Waals surface area contributed by atoms with Gasteiger partial charge in [-0.15, -0.1) is 5.10 Å². The summed E-state index contributed by atoms with van der Waals surface area (Å²) in [5.41, 5.74) is 0. The zero-order chi connectivity index (χ0) is 12.5. The van der Waals surface area contributed by atoms with Gasteiger partial charge >= 0.3 is 10.2 Å². The number of anilines is 1. The molecule has 1 aromatic rings. The maximum Gasteiger partial charge on any atom is 0.304 e. The molecule has 96 valence electrons. The summed E-state index contributed by atoms with van der Waals surface area (Å²) in [5, 5.41) is 6.37. The zero-order valence-electron chi connectivity index (χ0n) is 9.97. The van der Waals surface area contributed by atoms with Crippen molar-refractivity contribution in [1.29, 1.82) is 0 Å². The first-order chi connectivity index (χ1) is 7.99. The third kappa shape index (κ3) is 2.75. The molecule has 2 heterocycles. The molecule has 1 aliphatic heterocycles. The minimum atomic E-state index is -3.53. The second-order valence-electron chi connectivity index (χ2n) is 4.31. The Morgan fingerprint density at radius 2 is 2.24 bits per heavy atom. The molecule has 0 bridgehead atoms. The van der Waals surface area contributed by atoms with E-state index in [9.17, 15) is 8.42 Å². The molecule has 17 heavy (non-hydrogen) atoms. The quantitative estimate of drug-likeness (QED) is 0.833. The minimum Gasteiger partial charge on any atom is -0.261 e. The molecule has 1 aromatic heterocycles. The molecule has 1 unspecified atom stereocenters. The number of aromatic nitrogens is 3. The zero-order valence-corrected chi connectivity index (χ0v) is 10.8.